The number of nitrogens with zero attached hydrogens (tertiary/aromatic N) is 2. The number of rotatable bonds is 12. The van der Waals surface area contributed by atoms with Crippen molar-refractivity contribution >= 4 is 17.7 Å². The Morgan fingerprint density at radius 2 is 1.81 bits per heavy atom. The van der Waals surface area contributed by atoms with Crippen molar-refractivity contribution in [3.63, 3.8) is 0 Å². The highest BCUT2D eigenvalue weighted by Gasteiger charge is 2.28. The van der Waals surface area contributed by atoms with Gasteiger partial charge in [-0.15, -0.1) is 0 Å². The van der Waals surface area contributed by atoms with Crippen molar-refractivity contribution in [1.82, 2.24) is 25.5 Å². The van der Waals surface area contributed by atoms with Gasteiger partial charge in [0.25, 0.3) is 0 Å². The van der Waals surface area contributed by atoms with E-state index < -0.39 is 18.0 Å². The summed E-state index contributed by atoms with van der Waals surface area (Å²) in [7, 11) is 0. The minimum atomic E-state index is -1.02. The van der Waals surface area contributed by atoms with Crippen LogP contribution in [0.3, 0.4) is 0 Å². The van der Waals surface area contributed by atoms with Crippen molar-refractivity contribution < 1.29 is 18.8 Å². The molecule has 9 heteroatoms. The van der Waals surface area contributed by atoms with E-state index in [-0.39, 0.29) is 36.5 Å². The molecule has 36 heavy (non-hydrogen) atoms. The standard InChI is InChI=1S/C27H40FN5O3/c1-8-33(17(4)5)25(35)14-22(31-24(34)12-9-16(2)3)27(36)30-19(7)26-29-15-23(32-26)20-11-10-18(6)13-21(20)28/h10-11,13,15-17,19,22H,8-9,12,14H2,1-7H3,(H,29,32)(H,30,36)(H,31,34)/t19-,22-/m0/s1. The molecule has 1 aromatic carbocycles. The highest BCUT2D eigenvalue weighted by molar-refractivity contribution is 5.92. The molecule has 3 N–H and O–H groups in total. The maximum absolute atomic E-state index is 14.4. The fourth-order valence-electron chi connectivity index (χ4n) is 3.93. The number of H-pyrrole nitrogens is 1. The lowest BCUT2D eigenvalue weighted by Crippen LogP contribution is -2.50. The van der Waals surface area contributed by atoms with Gasteiger partial charge in [-0.05, 0) is 64.7 Å². The Kier molecular flexibility index (Phi) is 10.6. The van der Waals surface area contributed by atoms with Crippen molar-refractivity contribution in [3.8, 4) is 11.3 Å². The minimum absolute atomic E-state index is 0.0227. The topological polar surface area (TPSA) is 107 Å². The van der Waals surface area contributed by atoms with Crippen LogP contribution in [0.25, 0.3) is 11.3 Å². The van der Waals surface area contributed by atoms with Gasteiger partial charge in [-0.25, -0.2) is 9.37 Å². The Morgan fingerprint density at radius 3 is 2.39 bits per heavy atom. The second-order valence-corrected chi connectivity index (χ2v) is 9.93. The molecule has 0 bridgehead atoms. The number of halogens is 1. The van der Waals surface area contributed by atoms with Gasteiger partial charge in [0.1, 0.15) is 17.7 Å². The molecule has 0 aliphatic carbocycles. The van der Waals surface area contributed by atoms with Crippen LogP contribution in [0.5, 0.6) is 0 Å². The summed E-state index contributed by atoms with van der Waals surface area (Å²) >= 11 is 0. The van der Waals surface area contributed by atoms with E-state index in [2.05, 4.69) is 20.6 Å². The molecule has 198 valence electrons. The Labute approximate surface area is 213 Å². The zero-order valence-corrected chi connectivity index (χ0v) is 22.4. The van der Waals surface area contributed by atoms with Gasteiger partial charge in [0.2, 0.25) is 17.7 Å². The van der Waals surface area contributed by atoms with Crippen molar-refractivity contribution in [2.45, 2.75) is 85.9 Å². The fraction of sp³-hybridized carbons (Fsp3) is 0.556. The monoisotopic (exact) mass is 501 g/mol. The molecule has 0 saturated heterocycles. The van der Waals surface area contributed by atoms with E-state index in [1.54, 1.807) is 17.9 Å². The molecule has 0 fully saturated rings. The minimum Gasteiger partial charge on any atom is -0.345 e. The summed E-state index contributed by atoms with van der Waals surface area (Å²) in [6.07, 6.45) is 2.33. The number of amides is 3. The van der Waals surface area contributed by atoms with Gasteiger partial charge in [-0.3, -0.25) is 14.4 Å². The van der Waals surface area contributed by atoms with Crippen molar-refractivity contribution in [2.75, 3.05) is 6.54 Å². The van der Waals surface area contributed by atoms with E-state index in [0.29, 0.717) is 36.0 Å². The van der Waals surface area contributed by atoms with Gasteiger partial charge in [0.05, 0.1) is 24.4 Å². The maximum Gasteiger partial charge on any atom is 0.243 e. The lowest BCUT2D eigenvalue weighted by molar-refractivity contribution is -0.137. The maximum atomic E-state index is 14.4. The Morgan fingerprint density at radius 1 is 1.11 bits per heavy atom. The molecular weight excluding hydrogens is 461 g/mol. The number of aromatic amines is 1. The number of carbonyl (C=O) groups is 3. The van der Waals surface area contributed by atoms with Crippen LogP contribution >= 0.6 is 0 Å². The van der Waals surface area contributed by atoms with Crippen LogP contribution in [-0.2, 0) is 14.4 Å². The summed E-state index contributed by atoms with van der Waals surface area (Å²) in [6.45, 7) is 13.8. The van der Waals surface area contributed by atoms with Crippen LogP contribution in [0.2, 0.25) is 0 Å². The average molecular weight is 502 g/mol. The zero-order chi connectivity index (χ0) is 27.0. The number of hydrogen-bond donors (Lipinski definition) is 3. The highest BCUT2D eigenvalue weighted by Crippen LogP contribution is 2.23. The van der Waals surface area contributed by atoms with E-state index in [0.717, 1.165) is 5.56 Å². The lowest BCUT2D eigenvalue weighted by Gasteiger charge is -2.28. The molecule has 2 aromatic rings. The second-order valence-electron chi connectivity index (χ2n) is 9.93. The van der Waals surface area contributed by atoms with Gasteiger partial charge in [-0.1, -0.05) is 19.9 Å². The van der Waals surface area contributed by atoms with Gasteiger partial charge >= 0.3 is 0 Å². The number of aryl methyl sites for hydroxylation is 1. The molecule has 1 heterocycles. The predicted octanol–water partition coefficient (Wildman–Crippen LogP) is 4.27. The Hall–Kier alpha value is -3.23. The molecule has 3 amide bonds. The van der Waals surface area contributed by atoms with Gasteiger partial charge in [0, 0.05) is 24.6 Å². The van der Waals surface area contributed by atoms with Crippen LogP contribution in [0.1, 0.15) is 78.2 Å². The lowest BCUT2D eigenvalue weighted by atomic mass is 10.1. The normalized spacial score (nSPS) is 12.9. The van der Waals surface area contributed by atoms with E-state index >= 15 is 0 Å². The molecule has 8 nitrogen and oxygen atoms in total. The molecule has 0 aliphatic heterocycles. The molecule has 2 rings (SSSR count). The molecule has 1 aromatic heterocycles. The fourth-order valence-corrected chi connectivity index (χ4v) is 3.93. The third kappa shape index (κ3) is 8.17. The van der Waals surface area contributed by atoms with Crippen LogP contribution < -0.4 is 10.6 Å². The van der Waals surface area contributed by atoms with E-state index in [9.17, 15) is 18.8 Å². The van der Waals surface area contributed by atoms with Crippen LogP contribution in [0.4, 0.5) is 4.39 Å². The van der Waals surface area contributed by atoms with E-state index in [1.165, 1.54) is 12.3 Å². The molecule has 0 aliphatic rings. The number of benzene rings is 1. The number of aromatic nitrogens is 2. The SMILES string of the molecule is CCN(C(=O)C[C@H](NC(=O)CCC(C)C)C(=O)N[C@@H](C)c1ncc(-c2ccc(C)cc2F)[nH]1)C(C)C. The largest absolute Gasteiger partial charge is 0.345 e. The first-order chi connectivity index (χ1) is 16.9. The first kappa shape index (κ1) is 29.0. The van der Waals surface area contributed by atoms with Crippen LogP contribution in [0.15, 0.2) is 24.4 Å². The first-order valence-corrected chi connectivity index (χ1v) is 12.6. The molecule has 0 unspecified atom stereocenters. The smallest absolute Gasteiger partial charge is 0.243 e. The van der Waals surface area contributed by atoms with Crippen molar-refractivity contribution in [2.24, 2.45) is 5.92 Å². The van der Waals surface area contributed by atoms with E-state index in [1.807, 2.05) is 47.6 Å². The van der Waals surface area contributed by atoms with Crippen LogP contribution in [-0.4, -0.2) is 51.2 Å². The Balaban J connectivity index is 2.16. The summed E-state index contributed by atoms with van der Waals surface area (Å²) in [4.78, 5) is 47.6. The van der Waals surface area contributed by atoms with Gasteiger partial charge in [0.15, 0.2) is 0 Å². The Bertz CT molecular complexity index is 1050. The predicted molar refractivity (Wildman–Crippen MR) is 138 cm³/mol. The third-order valence-corrected chi connectivity index (χ3v) is 6.04. The summed E-state index contributed by atoms with van der Waals surface area (Å²) in [5.74, 6) is -0.547. The molecule has 0 spiro atoms. The number of imidazole rings is 1. The summed E-state index contributed by atoms with van der Waals surface area (Å²) in [6, 6.07) is 3.33. The van der Waals surface area contributed by atoms with Gasteiger partial charge in [-0.2, -0.15) is 0 Å². The van der Waals surface area contributed by atoms with Crippen molar-refractivity contribution in [3.05, 3.63) is 41.6 Å². The summed E-state index contributed by atoms with van der Waals surface area (Å²) in [5.41, 5.74) is 1.69. The van der Waals surface area contributed by atoms with Crippen LogP contribution in [0, 0.1) is 18.7 Å². The van der Waals surface area contributed by atoms with E-state index in [4.69, 9.17) is 0 Å². The molecular formula is C27H40FN5O3. The molecule has 0 radical (unpaired) electrons. The van der Waals surface area contributed by atoms with Crippen molar-refractivity contribution in [1.29, 1.82) is 0 Å². The first-order valence-electron chi connectivity index (χ1n) is 12.6. The average Bonchev–Trinajstić information content (AvgIpc) is 3.27. The zero-order valence-electron chi connectivity index (χ0n) is 22.4. The molecule has 0 saturated carbocycles. The number of hydrogen-bond acceptors (Lipinski definition) is 4. The quantitative estimate of drug-likeness (QED) is 0.404. The molecule has 2 atom stereocenters. The summed E-state index contributed by atoms with van der Waals surface area (Å²) in [5, 5.41) is 5.58. The number of carbonyl (C=O) groups excluding carboxylic acids is 3. The van der Waals surface area contributed by atoms with Gasteiger partial charge < -0.3 is 20.5 Å². The number of nitrogens with one attached hydrogen (secondary N) is 3. The highest BCUT2D eigenvalue weighted by atomic mass is 19.1. The third-order valence-electron chi connectivity index (χ3n) is 6.04. The second kappa shape index (κ2) is 13.2. The summed E-state index contributed by atoms with van der Waals surface area (Å²) < 4.78 is 14.4.